The van der Waals surface area contributed by atoms with E-state index >= 15 is 0 Å². The first-order valence-corrected chi connectivity index (χ1v) is 7.31. The predicted molar refractivity (Wildman–Crippen MR) is 75.8 cm³/mol. The second-order valence-corrected chi connectivity index (χ2v) is 5.70. The highest BCUT2D eigenvalue weighted by Crippen LogP contribution is 2.35. The van der Waals surface area contributed by atoms with Crippen molar-refractivity contribution in [3.63, 3.8) is 0 Å². The Balaban J connectivity index is 1.72. The third-order valence-electron chi connectivity index (χ3n) is 2.74. The standard InChI is InChI=1S/C13H10BrNO3S/c14-9-4-5-19-12(9)13(16)15-6-8-2-1-3-10-11(8)18-7-17-10/h1-5H,6-7H2,(H,15,16). The van der Waals surface area contributed by atoms with Gasteiger partial charge < -0.3 is 14.8 Å². The van der Waals surface area contributed by atoms with Gasteiger partial charge in [-0.15, -0.1) is 11.3 Å². The number of ether oxygens (including phenoxy) is 2. The molecule has 1 aliphatic heterocycles. The first-order chi connectivity index (χ1) is 9.25. The molecule has 19 heavy (non-hydrogen) atoms. The van der Waals surface area contributed by atoms with Crippen LogP contribution in [0.15, 0.2) is 34.1 Å². The van der Waals surface area contributed by atoms with E-state index in [-0.39, 0.29) is 12.7 Å². The molecule has 2 heterocycles. The molecule has 0 atom stereocenters. The summed E-state index contributed by atoms with van der Waals surface area (Å²) in [6, 6.07) is 7.51. The number of para-hydroxylation sites is 1. The summed E-state index contributed by atoms with van der Waals surface area (Å²) in [4.78, 5) is 12.7. The van der Waals surface area contributed by atoms with Crippen LogP contribution in [0.5, 0.6) is 11.5 Å². The van der Waals surface area contributed by atoms with Gasteiger partial charge in [-0.2, -0.15) is 0 Å². The largest absolute Gasteiger partial charge is 0.454 e. The zero-order chi connectivity index (χ0) is 13.2. The maximum absolute atomic E-state index is 12.0. The molecule has 0 unspecified atom stereocenters. The van der Waals surface area contributed by atoms with E-state index in [9.17, 15) is 4.79 Å². The Morgan fingerprint density at radius 2 is 2.26 bits per heavy atom. The Hall–Kier alpha value is -1.53. The molecule has 98 valence electrons. The van der Waals surface area contributed by atoms with Crippen molar-refractivity contribution in [3.8, 4) is 11.5 Å². The van der Waals surface area contributed by atoms with Gasteiger partial charge in [0.2, 0.25) is 6.79 Å². The highest BCUT2D eigenvalue weighted by molar-refractivity contribution is 9.10. The molecule has 4 nitrogen and oxygen atoms in total. The van der Waals surface area contributed by atoms with Gasteiger partial charge in [0.25, 0.3) is 5.91 Å². The van der Waals surface area contributed by atoms with E-state index in [2.05, 4.69) is 21.2 Å². The number of rotatable bonds is 3. The monoisotopic (exact) mass is 339 g/mol. The van der Waals surface area contributed by atoms with Crippen LogP contribution in [0.3, 0.4) is 0 Å². The Bertz CT molecular complexity index is 626. The maximum atomic E-state index is 12.0. The molecule has 1 aromatic heterocycles. The number of amides is 1. The van der Waals surface area contributed by atoms with Crippen LogP contribution in [0, 0.1) is 0 Å². The van der Waals surface area contributed by atoms with Crippen LogP contribution in [-0.4, -0.2) is 12.7 Å². The third-order valence-corrected chi connectivity index (χ3v) is 4.58. The summed E-state index contributed by atoms with van der Waals surface area (Å²) in [7, 11) is 0. The summed E-state index contributed by atoms with van der Waals surface area (Å²) < 4.78 is 11.5. The topological polar surface area (TPSA) is 47.6 Å². The molecule has 0 fully saturated rings. The fourth-order valence-corrected chi connectivity index (χ4v) is 3.31. The Morgan fingerprint density at radius 3 is 3.05 bits per heavy atom. The fourth-order valence-electron chi connectivity index (χ4n) is 1.84. The van der Waals surface area contributed by atoms with Crippen molar-refractivity contribution >= 4 is 33.2 Å². The molecule has 0 spiro atoms. The molecule has 1 aromatic carbocycles. The molecule has 6 heteroatoms. The quantitative estimate of drug-likeness (QED) is 0.934. The lowest BCUT2D eigenvalue weighted by Gasteiger charge is -2.07. The number of halogens is 1. The van der Waals surface area contributed by atoms with E-state index in [0.29, 0.717) is 17.2 Å². The van der Waals surface area contributed by atoms with Crippen LogP contribution in [0.4, 0.5) is 0 Å². The molecule has 3 rings (SSSR count). The van der Waals surface area contributed by atoms with Gasteiger partial charge in [-0.3, -0.25) is 4.79 Å². The number of nitrogens with one attached hydrogen (secondary N) is 1. The summed E-state index contributed by atoms with van der Waals surface area (Å²) in [5, 5.41) is 4.75. The molecule has 2 aromatic rings. The van der Waals surface area contributed by atoms with E-state index in [1.165, 1.54) is 11.3 Å². The molecule has 0 saturated heterocycles. The highest BCUT2D eigenvalue weighted by atomic mass is 79.9. The minimum absolute atomic E-state index is 0.0987. The van der Waals surface area contributed by atoms with Crippen molar-refractivity contribution in [3.05, 3.63) is 44.6 Å². The van der Waals surface area contributed by atoms with Gasteiger partial charge in [0, 0.05) is 16.6 Å². The van der Waals surface area contributed by atoms with E-state index in [0.717, 1.165) is 15.8 Å². The molecule has 0 saturated carbocycles. The SMILES string of the molecule is O=C(NCc1cccc2c1OCO2)c1sccc1Br. The molecule has 0 bridgehead atoms. The van der Waals surface area contributed by atoms with Crippen LogP contribution < -0.4 is 14.8 Å². The van der Waals surface area contributed by atoms with Gasteiger partial charge in [-0.1, -0.05) is 12.1 Å². The molecule has 1 amide bonds. The van der Waals surface area contributed by atoms with Crippen LogP contribution in [-0.2, 0) is 6.54 Å². The smallest absolute Gasteiger partial charge is 0.262 e. The van der Waals surface area contributed by atoms with Gasteiger partial charge in [0.15, 0.2) is 11.5 Å². The number of benzene rings is 1. The second-order valence-electron chi connectivity index (χ2n) is 3.93. The van der Waals surface area contributed by atoms with Gasteiger partial charge in [-0.05, 0) is 33.4 Å². The molecule has 0 radical (unpaired) electrons. The summed E-state index contributed by atoms with van der Waals surface area (Å²) in [6.45, 7) is 0.645. The first kappa shape index (κ1) is 12.5. The van der Waals surface area contributed by atoms with E-state index in [1.54, 1.807) is 0 Å². The van der Waals surface area contributed by atoms with Gasteiger partial charge >= 0.3 is 0 Å². The number of hydrogen-bond donors (Lipinski definition) is 1. The van der Waals surface area contributed by atoms with Crippen molar-refractivity contribution < 1.29 is 14.3 Å². The number of carbonyl (C=O) groups excluding carboxylic acids is 1. The molecular formula is C13H10BrNO3S. The molecular weight excluding hydrogens is 330 g/mol. The van der Waals surface area contributed by atoms with Crippen molar-refractivity contribution in [1.82, 2.24) is 5.32 Å². The molecule has 0 aliphatic carbocycles. The summed E-state index contributed by atoms with van der Waals surface area (Å²) >= 11 is 4.75. The van der Waals surface area contributed by atoms with Gasteiger partial charge in [0.05, 0.1) is 0 Å². The normalized spacial score (nSPS) is 12.5. The average molecular weight is 340 g/mol. The lowest BCUT2D eigenvalue weighted by atomic mass is 10.2. The Morgan fingerprint density at radius 1 is 1.37 bits per heavy atom. The summed E-state index contributed by atoms with van der Waals surface area (Å²) in [5.41, 5.74) is 0.913. The van der Waals surface area contributed by atoms with Crippen molar-refractivity contribution in [2.75, 3.05) is 6.79 Å². The van der Waals surface area contributed by atoms with Crippen molar-refractivity contribution in [1.29, 1.82) is 0 Å². The van der Waals surface area contributed by atoms with Crippen LogP contribution >= 0.6 is 27.3 Å². The third kappa shape index (κ3) is 2.46. The van der Waals surface area contributed by atoms with Crippen molar-refractivity contribution in [2.45, 2.75) is 6.54 Å². The Kier molecular flexibility index (Phi) is 3.44. The summed E-state index contributed by atoms with van der Waals surface area (Å²) in [5.74, 6) is 1.34. The van der Waals surface area contributed by atoms with Gasteiger partial charge in [0.1, 0.15) is 4.88 Å². The van der Waals surface area contributed by atoms with E-state index in [4.69, 9.17) is 9.47 Å². The maximum Gasteiger partial charge on any atom is 0.262 e. The van der Waals surface area contributed by atoms with Crippen molar-refractivity contribution in [2.24, 2.45) is 0 Å². The van der Waals surface area contributed by atoms with E-state index in [1.807, 2.05) is 29.6 Å². The zero-order valence-electron chi connectivity index (χ0n) is 9.81. The Labute approximate surface area is 122 Å². The minimum atomic E-state index is -0.0987. The lowest BCUT2D eigenvalue weighted by molar-refractivity contribution is 0.0954. The van der Waals surface area contributed by atoms with Crippen LogP contribution in [0.2, 0.25) is 0 Å². The number of thiophene rings is 1. The number of fused-ring (bicyclic) bond motifs is 1. The van der Waals surface area contributed by atoms with Gasteiger partial charge in [-0.25, -0.2) is 0 Å². The predicted octanol–water partition coefficient (Wildman–Crippen LogP) is 3.17. The van der Waals surface area contributed by atoms with Crippen LogP contribution in [0.25, 0.3) is 0 Å². The van der Waals surface area contributed by atoms with E-state index < -0.39 is 0 Å². The molecule has 1 aliphatic rings. The lowest BCUT2D eigenvalue weighted by Crippen LogP contribution is -2.22. The minimum Gasteiger partial charge on any atom is -0.454 e. The second kappa shape index (κ2) is 5.22. The number of hydrogen-bond acceptors (Lipinski definition) is 4. The number of carbonyl (C=O) groups is 1. The molecule has 1 N–H and O–H groups in total. The fraction of sp³-hybridized carbons (Fsp3) is 0.154. The average Bonchev–Trinajstić information content (AvgIpc) is 3.04. The summed E-state index contributed by atoms with van der Waals surface area (Å²) in [6.07, 6.45) is 0. The van der Waals surface area contributed by atoms with Crippen LogP contribution in [0.1, 0.15) is 15.2 Å². The first-order valence-electron chi connectivity index (χ1n) is 5.64. The zero-order valence-corrected chi connectivity index (χ0v) is 12.2. The highest BCUT2D eigenvalue weighted by Gasteiger charge is 2.18.